The lowest BCUT2D eigenvalue weighted by molar-refractivity contribution is -0.138. The molecule has 1 rings (SSSR count). The lowest BCUT2D eigenvalue weighted by atomic mass is 10.1. The van der Waals surface area contributed by atoms with Crippen molar-refractivity contribution in [1.82, 2.24) is 5.32 Å². The zero-order valence-corrected chi connectivity index (χ0v) is 10.00. The number of hydrogen-bond acceptors (Lipinski definition) is 3. The fourth-order valence-corrected chi connectivity index (χ4v) is 1.49. The van der Waals surface area contributed by atoms with Crippen LogP contribution in [0.1, 0.15) is 28.8 Å². The minimum Gasteiger partial charge on any atom is -0.506 e. The number of benzene rings is 1. The molecule has 0 bridgehead atoms. The van der Waals surface area contributed by atoms with Gasteiger partial charge in [-0.05, 0) is 25.0 Å². The summed E-state index contributed by atoms with van der Waals surface area (Å²) in [5.74, 6) is -1.85. The highest BCUT2D eigenvalue weighted by Crippen LogP contribution is 2.37. The van der Waals surface area contributed by atoms with Gasteiger partial charge in [0.05, 0.1) is 11.1 Å². The smallest absolute Gasteiger partial charge is 0.419 e. The monoisotopic (exact) mass is 277 g/mol. The third kappa shape index (κ3) is 4.13. The highest BCUT2D eigenvalue weighted by atomic mass is 19.4. The summed E-state index contributed by atoms with van der Waals surface area (Å²) in [5, 5.41) is 20.4. The van der Waals surface area contributed by atoms with Gasteiger partial charge in [0.1, 0.15) is 5.75 Å². The Balaban J connectivity index is 2.81. The van der Waals surface area contributed by atoms with E-state index in [1.54, 1.807) is 0 Å². The molecule has 0 aliphatic rings. The van der Waals surface area contributed by atoms with Crippen LogP contribution in [0.4, 0.5) is 13.2 Å². The number of phenolic OH excluding ortho intramolecular Hbond substituents is 1. The van der Waals surface area contributed by atoms with E-state index >= 15 is 0 Å². The van der Waals surface area contributed by atoms with Crippen LogP contribution in [-0.4, -0.2) is 29.3 Å². The van der Waals surface area contributed by atoms with E-state index in [-0.39, 0.29) is 13.2 Å². The van der Waals surface area contributed by atoms with Crippen molar-refractivity contribution in [2.24, 2.45) is 0 Å². The quantitative estimate of drug-likeness (QED) is 0.720. The summed E-state index contributed by atoms with van der Waals surface area (Å²) >= 11 is 0. The molecule has 1 amide bonds. The zero-order valence-electron chi connectivity index (χ0n) is 10.00. The van der Waals surface area contributed by atoms with E-state index in [2.05, 4.69) is 5.32 Å². The lowest BCUT2D eigenvalue weighted by Gasteiger charge is -2.12. The number of rotatable bonds is 5. The Labute approximate surface area is 107 Å². The number of amides is 1. The predicted molar refractivity (Wildman–Crippen MR) is 61.8 cm³/mol. The molecule has 0 spiro atoms. The molecule has 0 atom stereocenters. The number of unbranched alkanes of at least 4 members (excludes halogenated alkanes) is 1. The van der Waals surface area contributed by atoms with Crippen LogP contribution in [0.25, 0.3) is 0 Å². The molecule has 0 radical (unpaired) electrons. The van der Waals surface area contributed by atoms with Gasteiger partial charge in [0.25, 0.3) is 5.91 Å². The topological polar surface area (TPSA) is 69.6 Å². The minimum absolute atomic E-state index is 0.0231. The van der Waals surface area contributed by atoms with Crippen molar-refractivity contribution >= 4 is 5.91 Å². The molecular weight excluding hydrogens is 263 g/mol. The Kier molecular flexibility index (Phi) is 5.17. The molecule has 7 heteroatoms. The van der Waals surface area contributed by atoms with Crippen LogP contribution < -0.4 is 5.32 Å². The Morgan fingerprint density at radius 2 is 1.95 bits per heavy atom. The maximum absolute atomic E-state index is 12.5. The second kappa shape index (κ2) is 6.42. The molecule has 3 N–H and O–H groups in total. The number of nitrogens with one attached hydrogen (secondary N) is 1. The predicted octanol–water partition coefficient (Wildman–Crippen LogP) is 1.91. The van der Waals surface area contributed by atoms with Gasteiger partial charge in [-0.25, -0.2) is 0 Å². The van der Waals surface area contributed by atoms with Crippen molar-refractivity contribution in [3.05, 3.63) is 29.3 Å². The number of carbonyl (C=O) groups is 1. The van der Waals surface area contributed by atoms with Gasteiger partial charge in [0, 0.05) is 13.2 Å². The number of aromatic hydroxyl groups is 1. The van der Waals surface area contributed by atoms with Gasteiger partial charge in [0.15, 0.2) is 0 Å². The van der Waals surface area contributed by atoms with Crippen LogP contribution in [0, 0.1) is 0 Å². The average molecular weight is 277 g/mol. The first kappa shape index (κ1) is 15.3. The fourth-order valence-electron chi connectivity index (χ4n) is 1.49. The summed E-state index contributed by atoms with van der Waals surface area (Å²) in [6, 6.07) is 2.88. The third-order valence-electron chi connectivity index (χ3n) is 2.46. The molecule has 0 aliphatic heterocycles. The number of aliphatic hydroxyl groups is 1. The Morgan fingerprint density at radius 1 is 1.26 bits per heavy atom. The van der Waals surface area contributed by atoms with Gasteiger partial charge in [-0.1, -0.05) is 6.07 Å². The number of halogens is 3. The van der Waals surface area contributed by atoms with Gasteiger partial charge < -0.3 is 15.5 Å². The summed E-state index contributed by atoms with van der Waals surface area (Å²) in [6.07, 6.45) is -3.73. The third-order valence-corrected chi connectivity index (χ3v) is 2.46. The molecule has 19 heavy (non-hydrogen) atoms. The van der Waals surface area contributed by atoms with Crippen LogP contribution in [-0.2, 0) is 6.18 Å². The molecule has 106 valence electrons. The van der Waals surface area contributed by atoms with Crippen molar-refractivity contribution in [3.8, 4) is 5.75 Å². The van der Waals surface area contributed by atoms with Crippen molar-refractivity contribution in [1.29, 1.82) is 0 Å². The van der Waals surface area contributed by atoms with E-state index in [9.17, 15) is 23.1 Å². The van der Waals surface area contributed by atoms with Crippen LogP contribution in [0.15, 0.2) is 18.2 Å². The standard InChI is InChI=1S/C12H14F3NO3/c13-12(14,15)9-5-3-4-8(10(9)18)11(19)16-6-1-2-7-17/h3-5,17-18H,1-2,6-7H2,(H,16,19). The van der Waals surface area contributed by atoms with Crippen molar-refractivity contribution in [2.45, 2.75) is 19.0 Å². The number of hydrogen-bond donors (Lipinski definition) is 3. The second-order valence-electron chi connectivity index (χ2n) is 3.89. The molecule has 0 heterocycles. The highest BCUT2D eigenvalue weighted by molar-refractivity contribution is 5.97. The first-order valence-corrected chi connectivity index (χ1v) is 5.66. The van der Waals surface area contributed by atoms with Crippen molar-refractivity contribution in [3.63, 3.8) is 0 Å². The summed E-state index contributed by atoms with van der Waals surface area (Å²) in [4.78, 5) is 11.6. The molecule has 0 saturated carbocycles. The normalized spacial score (nSPS) is 11.4. The minimum atomic E-state index is -4.71. The lowest BCUT2D eigenvalue weighted by Crippen LogP contribution is -2.25. The van der Waals surface area contributed by atoms with Gasteiger partial charge >= 0.3 is 6.18 Å². The summed E-state index contributed by atoms with van der Waals surface area (Å²) < 4.78 is 37.6. The van der Waals surface area contributed by atoms with E-state index in [1.807, 2.05) is 0 Å². The molecule has 4 nitrogen and oxygen atoms in total. The molecule has 1 aromatic carbocycles. The van der Waals surface area contributed by atoms with Gasteiger partial charge in [-0.2, -0.15) is 13.2 Å². The first-order valence-electron chi connectivity index (χ1n) is 5.66. The Morgan fingerprint density at radius 3 is 2.53 bits per heavy atom. The number of carbonyl (C=O) groups excluding carboxylic acids is 1. The molecule has 0 aromatic heterocycles. The van der Waals surface area contributed by atoms with E-state index < -0.39 is 29.0 Å². The molecule has 0 aliphatic carbocycles. The number of aliphatic hydroxyl groups excluding tert-OH is 1. The molecule has 0 fully saturated rings. The van der Waals surface area contributed by atoms with Crippen LogP contribution in [0.2, 0.25) is 0 Å². The maximum atomic E-state index is 12.5. The van der Waals surface area contributed by atoms with Crippen LogP contribution in [0.3, 0.4) is 0 Å². The summed E-state index contributed by atoms with van der Waals surface area (Å²) in [6.45, 7) is 0.194. The van der Waals surface area contributed by atoms with Crippen LogP contribution >= 0.6 is 0 Å². The summed E-state index contributed by atoms with van der Waals surface area (Å²) in [7, 11) is 0. The highest BCUT2D eigenvalue weighted by Gasteiger charge is 2.35. The fraction of sp³-hybridized carbons (Fsp3) is 0.417. The zero-order chi connectivity index (χ0) is 14.5. The van der Waals surface area contributed by atoms with Crippen molar-refractivity contribution < 1.29 is 28.2 Å². The van der Waals surface area contributed by atoms with E-state index in [0.29, 0.717) is 18.9 Å². The largest absolute Gasteiger partial charge is 0.506 e. The maximum Gasteiger partial charge on any atom is 0.419 e. The number of phenols is 1. The first-order chi connectivity index (χ1) is 8.88. The number of para-hydroxylation sites is 1. The van der Waals surface area contributed by atoms with Crippen molar-refractivity contribution in [2.75, 3.05) is 13.2 Å². The molecular formula is C12H14F3NO3. The SMILES string of the molecule is O=C(NCCCCO)c1cccc(C(F)(F)F)c1O. The van der Waals surface area contributed by atoms with Crippen LogP contribution in [0.5, 0.6) is 5.75 Å². The van der Waals surface area contributed by atoms with Gasteiger partial charge in [-0.15, -0.1) is 0 Å². The Hall–Kier alpha value is -1.76. The van der Waals surface area contributed by atoms with E-state index in [4.69, 9.17) is 5.11 Å². The molecule has 1 aromatic rings. The van der Waals surface area contributed by atoms with E-state index in [0.717, 1.165) is 12.1 Å². The molecule has 0 unspecified atom stereocenters. The summed E-state index contributed by atoms with van der Waals surface area (Å²) in [5.41, 5.74) is -1.66. The second-order valence-corrected chi connectivity index (χ2v) is 3.89. The molecule has 0 saturated heterocycles. The number of alkyl halides is 3. The van der Waals surface area contributed by atoms with E-state index in [1.165, 1.54) is 0 Å². The van der Waals surface area contributed by atoms with Gasteiger partial charge in [0.2, 0.25) is 0 Å². The Bertz CT molecular complexity index is 446. The average Bonchev–Trinajstić information content (AvgIpc) is 2.33. The van der Waals surface area contributed by atoms with Gasteiger partial charge in [-0.3, -0.25) is 4.79 Å².